The van der Waals surface area contributed by atoms with Gasteiger partial charge in [0.05, 0.1) is 15.9 Å². The fourth-order valence-electron chi connectivity index (χ4n) is 3.00. The minimum absolute atomic E-state index is 0.0934. The topological polar surface area (TPSA) is 107 Å². The second-order valence-corrected chi connectivity index (χ2v) is 6.48. The number of carbonyl (C=O) groups is 1. The Balaban J connectivity index is 2.05. The Hall–Kier alpha value is -2.81. The van der Waals surface area contributed by atoms with Crippen LogP contribution in [0, 0.1) is 20.2 Å². The summed E-state index contributed by atoms with van der Waals surface area (Å²) < 4.78 is 0.804. The van der Waals surface area contributed by atoms with Crippen molar-refractivity contribution in [1.82, 2.24) is 0 Å². The number of benzene rings is 2. The van der Waals surface area contributed by atoms with Gasteiger partial charge < -0.3 is 4.90 Å². The minimum atomic E-state index is -0.784. The van der Waals surface area contributed by atoms with E-state index in [9.17, 15) is 25.0 Å². The van der Waals surface area contributed by atoms with Crippen molar-refractivity contribution >= 4 is 38.9 Å². The number of nitrogens with zero attached hydrogens (tertiary/aromatic N) is 3. The molecule has 2 aromatic rings. The highest BCUT2D eigenvalue weighted by molar-refractivity contribution is 9.10. The molecule has 9 heteroatoms. The van der Waals surface area contributed by atoms with Gasteiger partial charge in [-0.05, 0) is 36.2 Å². The molecule has 25 heavy (non-hydrogen) atoms. The standard InChI is InChI=1S/C16H12BrN3O5/c17-11-2-1-3-12(9-11)18-13(6-7-16(18)21)10-4-5-14(19(22)23)15(8-10)20(24)25/h1-5,8-9,13H,6-7H2. The Morgan fingerprint density at radius 3 is 2.40 bits per heavy atom. The first-order valence-electron chi connectivity index (χ1n) is 7.39. The minimum Gasteiger partial charge on any atom is -0.305 e. The van der Waals surface area contributed by atoms with E-state index in [2.05, 4.69) is 15.9 Å². The third-order valence-corrected chi connectivity index (χ3v) is 4.57. The number of carbonyl (C=O) groups excluding carboxylic acids is 1. The van der Waals surface area contributed by atoms with E-state index in [1.807, 2.05) is 6.07 Å². The summed E-state index contributed by atoms with van der Waals surface area (Å²) in [6.07, 6.45) is 0.794. The lowest BCUT2D eigenvalue weighted by Gasteiger charge is -2.25. The number of nitro groups is 2. The maximum absolute atomic E-state index is 12.3. The molecule has 1 atom stereocenters. The van der Waals surface area contributed by atoms with Gasteiger partial charge in [-0.25, -0.2) is 0 Å². The van der Waals surface area contributed by atoms with Crippen LogP contribution in [0.2, 0.25) is 0 Å². The maximum atomic E-state index is 12.3. The van der Waals surface area contributed by atoms with Crippen molar-refractivity contribution in [3.63, 3.8) is 0 Å². The average molecular weight is 406 g/mol. The molecular weight excluding hydrogens is 394 g/mol. The lowest BCUT2D eigenvalue weighted by atomic mass is 10.0. The zero-order valence-electron chi connectivity index (χ0n) is 12.8. The largest absolute Gasteiger partial charge is 0.346 e. The number of hydrogen-bond acceptors (Lipinski definition) is 5. The molecular formula is C16H12BrN3O5. The van der Waals surface area contributed by atoms with Crippen molar-refractivity contribution in [3.05, 3.63) is 72.7 Å². The summed E-state index contributed by atoms with van der Waals surface area (Å²) in [7, 11) is 0. The average Bonchev–Trinajstić information content (AvgIpc) is 2.95. The Morgan fingerprint density at radius 2 is 1.76 bits per heavy atom. The van der Waals surface area contributed by atoms with Crippen molar-refractivity contribution in [2.75, 3.05) is 4.90 Å². The molecule has 0 saturated carbocycles. The van der Waals surface area contributed by atoms with Crippen molar-refractivity contribution in [2.45, 2.75) is 18.9 Å². The molecule has 1 amide bonds. The van der Waals surface area contributed by atoms with Crippen LogP contribution in [0.1, 0.15) is 24.4 Å². The maximum Gasteiger partial charge on any atom is 0.346 e. The zero-order valence-corrected chi connectivity index (χ0v) is 14.4. The van der Waals surface area contributed by atoms with Crippen LogP contribution in [-0.4, -0.2) is 15.8 Å². The highest BCUT2D eigenvalue weighted by atomic mass is 79.9. The third-order valence-electron chi connectivity index (χ3n) is 4.08. The van der Waals surface area contributed by atoms with E-state index in [1.165, 1.54) is 12.1 Å². The van der Waals surface area contributed by atoms with Crippen LogP contribution in [0.25, 0.3) is 0 Å². The monoisotopic (exact) mass is 405 g/mol. The van der Waals surface area contributed by atoms with Crippen molar-refractivity contribution < 1.29 is 14.6 Å². The zero-order chi connectivity index (χ0) is 18.1. The third kappa shape index (κ3) is 3.22. The summed E-state index contributed by atoms with van der Waals surface area (Å²) in [5, 5.41) is 22.1. The van der Waals surface area contributed by atoms with Crippen LogP contribution in [0.15, 0.2) is 46.9 Å². The predicted octanol–water partition coefficient (Wildman–Crippen LogP) is 4.13. The Morgan fingerprint density at radius 1 is 1.04 bits per heavy atom. The highest BCUT2D eigenvalue weighted by Gasteiger charge is 2.35. The van der Waals surface area contributed by atoms with Gasteiger partial charge in [0.2, 0.25) is 5.91 Å². The summed E-state index contributed by atoms with van der Waals surface area (Å²) in [6.45, 7) is 0. The Kier molecular flexibility index (Phi) is 4.49. The van der Waals surface area contributed by atoms with Crippen molar-refractivity contribution in [3.8, 4) is 0 Å². The molecule has 128 valence electrons. The van der Waals surface area contributed by atoms with Gasteiger partial charge in [-0.2, -0.15) is 0 Å². The van der Waals surface area contributed by atoms with E-state index < -0.39 is 27.3 Å². The molecule has 8 nitrogen and oxygen atoms in total. The number of halogens is 1. The van der Waals surface area contributed by atoms with E-state index in [0.29, 0.717) is 24.1 Å². The van der Waals surface area contributed by atoms with E-state index in [4.69, 9.17) is 0 Å². The first-order valence-corrected chi connectivity index (χ1v) is 8.18. The molecule has 1 aliphatic rings. The van der Waals surface area contributed by atoms with Crippen LogP contribution in [0.4, 0.5) is 17.1 Å². The van der Waals surface area contributed by atoms with E-state index in [-0.39, 0.29) is 5.91 Å². The Labute approximate surface area is 150 Å². The molecule has 0 radical (unpaired) electrons. The van der Waals surface area contributed by atoms with Crippen molar-refractivity contribution in [1.29, 1.82) is 0 Å². The van der Waals surface area contributed by atoms with Gasteiger partial charge >= 0.3 is 11.4 Å². The van der Waals surface area contributed by atoms with E-state index in [1.54, 1.807) is 23.1 Å². The fourth-order valence-corrected chi connectivity index (χ4v) is 3.38. The summed E-state index contributed by atoms with van der Waals surface area (Å²) in [4.78, 5) is 34.5. The summed E-state index contributed by atoms with van der Waals surface area (Å²) in [5.41, 5.74) is 0.0362. The van der Waals surface area contributed by atoms with Gasteiger partial charge in [-0.15, -0.1) is 0 Å². The SMILES string of the molecule is O=C1CCC(c2ccc([N+](=O)[O-])c([N+](=O)[O-])c2)N1c1cccc(Br)c1. The number of anilines is 1. The van der Waals surface area contributed by atoms with Gasteiger partial charge in [-0.3, -0.25) is 25.0 Å². The smallest absolute Gasteiger partial charge is 0.305 e. The molecule has 0 N–H and O–H groups in total. The molecule has 1 saturated heterocycles. The summed E-state index contributed by atoms with van der Waals surface area (Å²) in [6, 6.07) is 10.6. The molecule has 2 aromatic carbocycles. The second kappa shape index (κ2) is 6.60. The normalized spacial score (nSPS) is 16.9. The molecule has 1 unspecified atom stereocenters. The molecule has 1 fully saturated rings. The first kappa shape index (κ1) is 17.0. The fraction of sp³-hybridized carbons (Fsp3) is 0.188. The lowest BCUT2D eigenvalue weighted by molar-refractivity contribution is -0.422. The second-order valence-electron chi connectivity index (χ2n) is 5.56. The number of nitro benzene ring substituents is 2. The predicted molar refractivity (Wildman–Crippen MR) is 93.4 cm³/mol. The highest BCUT2D eigenvalue weighted by Crippen LogP contribution is 2.40. The Bertz CT molecular complexity index is 886. The molecule has 0 spiro atoms. The lowest BCUT2D eigenvalue weighted by Crippen LogP contribution is -2.27. The molecule has 0 aromatic heterocycles. The van der Waals surface area contributed by atoms with Crippen LogP contribution in [0.3, 0.4) is 0 Å². The molecule has 0 bridgehead atoms. The number of hydrogen-bond donors (Lipinski definition) is 0. The van der Waals surface area contributed by atoms with E-state index in [0.717, 1.165) is 10.5 Å². The number of rotatable bonds is 4. The van der Waals surface area contributed by atoms with Gasteiger partial charge in [-0.1, -0.05) is 22.0 Å². The molecule has 1 heterocycles. The summed E-state index contributed by atoms with van der Waals surface area (Å²) in [5.74, 6) is -0.0934. The van der Waals surface area contributed by atoms with Crippen molar-refractivity contribution in [2.24, 2.45) is 0 Å². The number of amides is 1. The quantitative estimate of drug-likeness (QED) is 0.561. The molecule has 3 rings (SSSR count). The van der Waals surface area contributed by atoms with Gasteiger partial charge in [0.15, 0.2) is 0 Å². The van der Waals surface area contributed by atoms with Crippen LogP contribution < -0.4 is 4.90 Å². The van der Waals surface area contributed by atoms with Crippen LogP contribution in [-0.2, 0) is 4.79 Å². The van der Waals surface area contributed by atoms with E-state index >= 15 is 0 Å². The van der Waals surface area contributed by atoms with Gasteiger partial charge in [0, 0.05) is 28.7 Å². The van der Waals surface area contributed by atoms with Crippen LogP contribution >= 0.6 is 15.9 Å². The molecule has 1 aliphatic heterocycles. The summed E-state index contributed by atoms with van der Waals surface area (Å²) >= 11 is 3.36. The first-order chi connectivity index (χ1) is 11.9. The van der Waals surface area contributed by atoms with Gasteiger partial charge in [0.1, 0.15) is 0 Å². The van der Waals surface area contributed by atoms with Crippen LogP contribution in [0.5, 0.6) is 0 Å². The molecule has 0 aliphatic carbocycles. The van der Waals surface area contributed by atoms with Gasteiger partial charge in [0.25, 0.3) is 0 Å².